The summed E-state index contributed by atoms with van der Waals surface area (Å²) in [6.07, 6.45) is 3.04. The molecule has 2 heterocycles. The van der Waals surface area contributed by atoms with Crippen molar-refractivity contribution in [1.29, 1.82) is 0 Å². The Balaban J connectivity index is 2.01. The zero-order valence-corrected chi connectivity index (χ0v) is 10.5. The predicted molar refractivity (Wildman–Crippen MR) is 71.0 cm³/mol. The lowest BCUT2D eigenvalue weighted by Gasteiger charge is -2.18. The Morgan fingerprint density at radius 3 is 3.17 bits per heavy atom. The molecule has 0 saturated carbocycles. The van der Waals surface area contributed by atoms with Crippen molar-refractivity contribution >= 4 is 10.9 Å². The maximum absolute atomic E-state index is 5.90. The van der Waals surface area contributed by atoms with Crippen LogP contribution in [0.2, 0.25) is 0 Å². The van der Waals surface area contributed by atoms with Crippen molar-refractivity contribution in [2.24, 2.45) is 0 Å². The molecule has 0 amide bonds. The molecular weight excluding hydrogens is 228 g/mol. The molecule has 1 saturated heterocycles. The summed E-state index contributed by atoms with van der Waals surface area (Å²) < 4.78 is 11.4. The molecule has 1 aromatic heterocycles. The van der Waals surface area contributed by atoms with E-state index in [9.17, 15) is 0 Å². The number of benzene rings is 1. The highest BCUT2D eigenvalue weighted by atomic mass is 16.5. The zero-order chi connectivity index (χ0) is 12.4. The van der Waals surface area contributed by atoms with E-state index in [4.69, 9.17) is 9.47 Å². The fourth-order valence-electron chi connectivity index (χ4n) is 2.48. The van der Waals surface area contributed by atoms with Gasteiger partial charge in [-0.05, 0) is 31.2 Å². The summed E-state index contributed by atoms with van der Waals surface area (Å²) in [5.41, 5.74) is 2.27. The zero-order valence-electron chi connectivity index (χ0n) is 10.5. The predicted octanol–water partition coefficient (Wildman–Crippen LogP) is 2.23. The number of fused-ring (bicyclic) bond motifs is 1. The number of rotatable bonds is 2. The first kappa shape index (κ1) is 11.6. The van der Waals surface area contributed by atoms with Gasteiger partial charge in [0.1, 0.15) is 5.75 Å². The van der Waals surface area contributed by atoms with Gasteiger partial charge in [0.05, 0.1) is 19.8 Å². The van der Waals surface area contributed by atoms with E-state index >= 15 is 0 Å². The van der Waals surface area contributed by atoms with Gasteiger partial charge in [0, 0.05) is 29.2 Å². The molecule has 2 aromatic rings. The number of H-pyrrole nitrogens is 1. The molecule has 0 bridgehead atoms. The summed E-state index contributed by atoms with van der Waals surface area (Å²) in [4.78, 5) is 3.24. The summed E-state index contributed by atoms with van der Waals surface area (Å²) in [5, 5.41) is 4.51. The number of nitrogens with one attached hydrogen (secondary N) is 2. The van der Waals surface area contributed by atoms with Crippen molar-refractivity contribution in [2.75, 3.05) is 26.8 Å². The van der Waals surface area contributed by atoms with Crippen LogP contribution in [0.4, 0.5) is 0 Å². The molecule has 4 heteroatoms. The van der Waals surface area contributed by atoms with E-state index in [0.29, 0.717) is 0 Å². The van der Waals surface area contributed by atoms with Gasteiger partial charge in [-0.3, -0.25) is 0 Å². The van der Waals surface area contributed by atoms with Gasteiger partial charge in [-0.25, -0.2) is 0 Å². The second-order valence-corrected chi connectivity index (χ2v) is 4.56. The highest BCUT2D eigenvalue weighted by molar-refractivity contribution is 5.82. The van der Waals surface area contributed by atoms with Gasteiger partial charge in [-0.15, -0.1) is 0 Å². The lowest BCUT2D eigenvalue weighted by molar-refractivity contribution is 0.0627. The molecule has 1 atom stereocenters. The topological polar surface area (TPSA) is 46.3 Å². The lowest BCUT2D eigenvalue weighted by Crippen LogP contribution is -2.16. The molecule has 1 unspecified atom stereocenters. The first-order valence-corrected chi connectivity index (χ1v) is 6.36. The number of methoxy groups -OCH3 is 1. The Morgan fingerprint density at radius 2 is 2.28 bits per heavy atom. The van der Waals surface area contributed by atoms with Crippen LogP contribution in [0.15, 0.2) is 24.4 Å². The van der Waals surface area contributed by atoms with Crippen LogP contribution < -0.4 is 10.1 Å². The van der Waals surface area contributed by atoms with E-state index in [-0.39, 0.29) is 6.10 Å². The Kier molecular flexibility index (Phi) is 3.21. The van der Waals surface area contributed by atoms with Crippen molar-refractivity contribution < 1.29 is 9.47 Å². The summed E-state index contributed by atoms with van der Waals surface area (Å²) in [6, 6.07) is 6.27. The van der Waals surface area contributed by atoms with E-state index in [1.54, 1.807) is 7.11 Å². The Morgan fingerprint density at radius 1 is 1.33 bits per heavy atom. The van der Waals surface area contributed by atoms with E-state index in [0.717, 1.165) is 42.9 Å². The fourth-order valence-corrected chi connectivity index (χ4v) is 2.48. The SMILES string of the molecule is COc1cc2cc[nH]c2cc1C1CCNCCO1. The second-order valence-electron chi connectivity index (χ2n) is 4.56. The van der Waals surface area contributed by atoms with Gasteiger partial charge in [0.2, 0.25) is 0 Å². The fraction of sp³-hybridized carbons (Fsp3) is 0.429. The number of aromatic amines is 1. The molecule has 3 rings (SSSR count). The van der Waals surface area contributed by atoms with Crippen LogP contribution in [0.5, 0.6) is 5.75 Å². The minimum absolute atomic E-state index is 0.114. The van der Waals surface area contributed by atoms with E-state index < -0.39 is 0 Å². The lowest BCUT2D eigenvalue weighted by atomic mass is 10.0. The van der Waals surface area contributed by atoms with Crippen LogP contribution in [0, 0.1) is 0 Å². The van der Waals surface area contributed by atoms with Crippen LogP contribution in [0.3, 0.4) is 0 Å². The third-order valence-corrected chi connectivity index (χ3v) is 3.43. The third-order valence-electron chi connectivity index (χ3n) is 3.43. The molecule has 96 valence electrons. The number of ether oxygens (including phenoxy) is 2. The van der Waals surface area contributed by atoms with Crippen molar-refractivity contribution in [3.8, 4) is 5.75 Å². The molecule has 0 aliphatic carbocycles. The monoisotopic (exact) mass is 246 g/mol. The van der Waals surface area contributed by atoms with Crippen molar-refractivity contribution in [3.05, 3.63) is 30.0 Å². The highest BCUT2D eigenvalue weighted by Gasteiger charge is 2.19. The van der Waals surface area contributed by atoms with Gasteiger partial charge in [0.15, 0.2) is 0 Å². The molecule has 1 aliphatic rings. The first-order chi connectivity index (χ1) is 8.88. The minimum Gasteiger partial charge on any atom is -0.496 e. The smallest absolute Gasteiger partial charge is 0.125 e. The molecule has 2 N–H and O–H groups in total. The average molecular weight is 246 g/mol. The molecular formula is C14H18N2O2. The normalized spacial score (nSPS) is 20.8. The standard InChI is InChI=1S/C14H18N2O2/c1-17-14-8-10-2-5-16-12(10)9-11(14)13-3-4-15-6-7-18-13/h2,5,8-9,13,15-16H,3-4,6-7H2,1H3. The van der Waals surface area contributed by atoms with Crippen LogP contribution in [-0.4, -0.2) is 31.8 Å². The Hall–Kier alpha value is -1.52. The largest absolute Gasteiger partial charge is 0.496 e. The molecule has 1 aromatic carbocycles. The van der Waals surface area contributed by atoms with Gasteiger partial charge < -0.3 is 19.8 Å². The average Bonchev–Trinajstić information content (AvgIpc) is 2.68. The molecule has 1 fully saturated rings. The van der Waals surface area contributed by atoms with Crippen LogP contribution in [0.1, 0.15) is 18.1 Å². The number of aromatic nitrogens is 1. The van der Waals surface area contributed by atoms with Gasteiger partial charge in [0.25, 0.3) is 0 Å². The number of hydrogen-bond acceptors (Lipinski definition) is 3. The minimum atomic E-state index is 0.114. The Labute approximate surface area is 106 Å². The molecule has 0 spiro atoms. The van der Waals surface area contributed by atoms with Gasteiger partial charge >= 0.3 is 0 Å². The molecule has 1 aliphatic heterocycles. The first-order valence-electron chi connectivity index (χ1n) is 6.36. The van der Waals surface area contributed by atoms with E-state index in [1.807, 2.05) is 6.20 Å². The molecule has 4 nitrogen and oxygen atoms in total. The quantitative estimate of drug-likeness (QED) is 0.854. The summed E-state index contributed by atoms with van der Waals surface area (Å²) >= 11 is 0. The van der Waals surface area contributed by atoms with Gasteiger partial charge in [-0.1, -0.05) is 0 Å². The van der Waals surface area contributed by atoms with Crippen LogP contribution in [-0.2, 0) is 4.74 Å². The number of hydrogen-bond donors (Lipinski definition) is 2. The summed E-state index contributed by atoms with van der Waals surface area (Å²) in [6.45, 7) is 2.65. The maximum atomic E-state index is 5.90. The van der Waals surface area contributed by atoms with Gasteiger partial charge in [-0.2, -0.15) is 0 Å². The summed E-state index contributed by atoms with van der Waals surface area (Å²) in [7, 11) is 1.71. The van der Waals surface area contributed by atoms with Crippen molar-refractivity contribution in [1.82, 2.24) is 10.3 Å². The Bertz CT molecular complexity index is 528. The molecule has 18 heavy (non-hydrogen) atoms. The summed E-state index contributed by atoms with van der Waals surface area (Å²) in [5.74, 6) is 0.911. The maximum Gasteiger partial charge on any atom is 0.125 e. The second kappa shape index (κ2) is 5.00. The molecule has 0 radical (unpaired) electrons. The van der Waals surface area contributed by atoms with Crippen LogP contribution in [0.25, 0.3) is 10.9 Å². The highest BCUT2D eigenvalue weighted by Crippen LogP contribution is 2.33. The van der Waals surface area contributed by atoms with Crippen LogP contribution >= 0.6 is 0 Å². The third kappa shape index (κ3) is 2.09. The van der Waals surface area contributed by atoms with Crippen molar-refractivity contribution in [3.63, 3.8) is 0 Å². The van der Waals surface area contributed by atoms with Crippen molar-refractivity contribution in [2.45, 2.75) is 12.5 Å². The van der Waals surface area contributed by atoms with E-state index in [1.165, 1.54) is 5.39 Å². The van der Waals surface area contributed by atoms with E-state index in [2.05, 4.69) is 28.5 Å².